The second kappa shape index (κ2) is 8.81. The fraction of sp³-hybridized carbons (Fsp3) is 0.250. The molecular weight excluding hydrogens is 370 g/mol. The van der Waals surface area contributed by atoms with Crippen molar-refractivity contribution in [2.45, 2.75) is 12.5 Å². The van der Waals surface area contributed by atoms with Gasteiger partial charge in [-0.05, 0) is 47.9 Å². The fourth-order valence-corrected chi connectivity index (χ4v) is 2.71. The van der Waals surface area contributed by atoms with E-state index in [1.807, 2.05) is 6.08 Å². The molecule has 1 unspecified atom stereocenters. The van der Waals surface area contributed by atoms with E-state index in [2.05, 4.69) is 10.1 Å². The zero-order chi connectivity index (χ0) is 20.1. The van der Waals surface area contributed by atoms with Crippen LogP contribution >= 0.6 is 0 Å². The van der Waals surface area contributed by atoms with Crippen molar-refractivity contribution >= 4 is 12.0 Å². The molecule has 2 aromatic carbocycles. The molecule has 1 atom stereocenters. The molecule has 1 aliphatic heterocycles. The molecule has 0 aromatic heterocycles. The van der Waals surface area contributed by atoms with Crippen LogP contribution in [0.15, 0.2) is 42.2 Å². The highest BCUT2D eigenvalue weighted by molar-refractivity contribution is 5.75. The Labute approximate surface area is 160 Å². The molecule has 0 saturated carbocycles. The fourth-order valence-electron chi connectivity index (χ4n) is 2.71. The van der Waals surface area contributed by atoms with E-state index in [1.54, 1.807) is 24.3 Å². The average Bonchev–Trinajstić information content (AvgIpc) is 3.18. The number of rotatable bonds is 6. The number of ether oxygens (including phenoxy) is 3. The van der Waals surface area contributed by atoms with Gasteiger partial charge in [-0.15, -0.1) is 0 Å². The maximum atomic E-state index is 14.3. The zero-order valence-electron chi connectivity index (χ0n) is 15.2. The largest absolute Gasteiger partial charge is 0.481 e. The van der Waals surface area contributed by atoms with Gasteiger partial charge in [0.05, 0.1) is 13.7 Å². The van der Waals surface area contributed by atoms with E-state index < -0.39 is 29.4 Å². The molecule has 1 fully saturated rings. The van der Waals surface area contributed by atoms with Crippen LogP contribution in [0.1, 0.15) is 11.1 Å². The van der Waals surface area contributed by atoms with Crippen LogP contribution in [0.3, 0.4) is 0 Å². The molecule has 3 N–H and O–H groups in total. The van der Waals surface area contributed by atoms with Gasteiger partial charge in [0, 0.05) is 0 Å². The molecule has 0 spiro atoms. The Balaban J connectivity index is 1.71. The number of nitrogens with two attached hydrogens (primary N) is 1. The lowest BCUT2D eigenvalue weighted by molar-refractivity contribution is -0.142. The maximum absolute atomic E-state index is 14.3. The third-order valence-electron chi connectivity index (χ3n) is 4.10. The lowest BCUT2D eigenvalue weighted by Gasteiger charge is -2.12. The first-order valence-corrected chi connectivity index (χ1v) is 8.59. The second-order valence-corrected chi connectivity index (χ2v) is 6.22. The summed E-state index contributed by atoms with van der Waals surface area (Å²) >= 11 is 0. The predicted octanol–water partition coefficient (Wildman–Crippen LogP) is 2.72. The summed E-state index contributed by atoms with van der Waals surface area (Å²) in [7, 11) is 1.19. The molecule has 0 radical (unpaired) electrons. The Kier molecular flexibility index (Phi) is 6.23. The Morgan fingerprint density at radius 2 is 1.96 bits per heavy atom. The van der Waals surface area contributed by atoms with Gasteiger partial charge >= 0.3 is 5.97 Å². The minimum absolute atomic E-state index is 0.0545. The van der Waals surface area contributed by atoms with E-state index in [4.69, 9.17) is 15.2 Å². The van der Waals surface area contributed by atoms with Gasteiger partial charge < -0.3 is 19.9 Å². The molecule has 6 nitrogen and oxygen atoms in total. The molecule has 3 rings (SSSR count). The number of hydrogen-bond acceptors (Lipinski definition) is 6. The van der Waals surface area contributed by atoms with Gasteiger partial charge in [0.15, 0.2) is 17.4 Å². The quantitative estimate of drug-likeness (QED) is 0.738. The van der Waals surface area contributed by atoms with Crippen LogP contribution in [-0.4, -0.2) is 32.4 Å². The number of halogens is 2. The summed E-state index contributed by atoms with van der Waals surface area (Å²) in [6, 6.07) is 7.89. The first-order valence-electron chi connectivity index (χ1n) is 8.59. The Bertz CT molecular complexity index is 853. The number of hydrogen-bond donors (Lipinski definition) is 2. The molecule has 1 aliphatic rings. The van der Waals surface area contributed by atoms with Crippen molar-refractivity contribution in [2.24, 2.45) is 5.73 Å². The number of methoxy groups -OCH3 is 1. The Hall–Kier alpha value is -2.97. The molecule has 2 aromatic rings. The topological polar surface area (TPSA) is 82.8 Å². The van der Waals surface area contributed by atoms with E-state index in [0.29, 0.717) is 13.3 Å². The van der Waals surface area contributed by atoms with E-state index in [9.17, 15) is 13.6 Å². The first-order chi connectivity index (χ1) is 13.5. The lowest BCUT2D eigenvalue weighted by atomic mass is 10.1. The van der Waals surface area contributed by atoms with Crippen molar-refractivity contribution in [1.82, 2.24) is 5.32 Å². The van der Waals surface area contributed by atoms with Crippen LogP contribution in [0.2, 0.25) is 0 Å². The van der Waals surface area contributed by atoms with Crippen molar-refractivity contribution in [1.29, 1.82) is 0 Å². The van der Waals surface area contributed by atoms with E-state index in [1.165, 1.54) is 7.11 Å². The molecule has 28 heavy (non-hydrogen) atoms. The molecule has 0 bridgehead atoms. The van der Waals surface area contributed by atoms with Gasteiger partial charge in [0.2, 0.25) is 0 Å². The van der Waals surface area contributed by atoms with E-state index >= 15 is 0 Å². The third kappa shape index (κ3) is 4.85. The summed E-state index contributed by atoms with van der Waals surface area (Å²) in [5, 5.41) is 3.04. The standard InChI is InChI=1S/C20H20F2N2O4/c1-26-20(25)18(23)9-13-7-16(21)19(17(22)8-13)28-14-4-2-12(3-5-14)6-15-10-24-11-27-15/h2-8,18,24H,9-11,23H2,1H3. The predicted molar refractivity (Wildman–Crippen MR) is 98.5 cm³/mol. The monoisotopic (exact) mass is 390 g/mol. The summed E-state index contributed by atoms with van der Waals surface area (Å²) in [4.78, 5) is 11.4. The first kappa shape index (κ1) is 19.8. The minimum atomic E-state index is -1.00. The van der Waals surface area contributed by atoms with Crippen molar-refractivity contribution in [2.75, 3.05) is 20.4 Å². The highest BCUT2D eigenvalue weighted by Gasteiger charge is 2.19. The smallest absolute Gasteiger partial charge is 0.322 e. The molecule has 8 heteroatoms. The molecule has 0 amide bonds. The van der Waals surface area contributed by atoms with Gasteiger partial charge in [0.1, 0.15) is 24.3 Å². The van der Waals surface area contributed by atoms with Crippen molar-refractivity contribution in [3.63, 3.8) is 0 Å². The second-order valence-electron chi connectivity index (χ2n) is 6.22. The highest BCUT2D eigenvalue weighted by Crippen LogP contribution is 2.29. The SMILES string of the molecule is COC(=O)C(N)Cc1cc(F)c(Oc2ccc(C=C3CNCO3)cc2)c(F)c1. The Morgan fingerprint density at radius 1 is 1.29 bits per heavy atom. The molecule has 148 valence electrons. The molecular formula is C20H20F2N2O4. The van der Waals surface area contributed by atoms with Gasteiger partial charge in [-0.3, -0.25) is 10.1 Å². The Morgan fingerprint density at radius 3 is 2.54 bits per heavy atom. The van der Waals surface area contributed by atoms with Crippen LogP contribution in [0.4, 0.5) is 8.78 Å². The molecule has 1 saturated heterocycles. The van der Waals surface area contributed by atoms with Crippen LogP contribution in [0.5, 0.6) is 11.5 Å². The number of benzene rings is 2. The zero-order valence-corrected chi connectivity index (χ0v) is 15.2. The van der Waals surface area contributed by atoms with Gasteiger partial charge in [-0.1, -0.05) is 12.1 Å². The number of carbonyl (C=O) groups excluding carboxylic acids is 1. The highest BCUT2D eigenvalue weighted by atomic mass is 19.1. The summed E-state index contributed by atoms with van der Waals surface area (Å²) in [6.07, 6.45) is 1.81. The summed E-state index contributed by atoms with van der Waals surface area (Å²) < 4.78 is 43.9. The van der Waals surface area contributed by atoms with Crippen molar-refractivity contribution in [3.05, 3.63) is 64.9 Å². The molecule has 1 heterocycles. The molecule has 0 aliphatic carbocycles. The summed E-state index contributed by atoms with van der Waals surface area (Å²) in [5.41, 5.74) is 6.73. The number of carbonyl (C=O) groups is 1. The number of esters is 1. The van der Waals surface area contributed by atoms with E-state index in [-0.39, 0.29) is 17.7 Å². The average molecular weight is 390 g/mol. The van der Waals surface area contributed by atoms with Crippen LogP contribution < -0.4 is 15.8 Å². The normalized spacial score (nSPS) is 15.9. The van der Waals surface area contributed by atoms with Gasteiger partial charge in [0.25, 0.3) is 0 Å². The lowest BCUT2D eigenvalue weighted by Crippen LogP contribution is -2.33. The third-order valence-corrected chi connectivity index (χ3v) is 4.10. The van der Waals surface area contributed by atoms with Crippen LogP contribution in [-0.2, 0) is 20.7 Å². The summed E-state index contributed by atoms with van der Waals surface area (Å²) in [5.74, 6) is -1.86. The maximum Gasteiger partial charge on any atom is 0.322 e. The van der Waals surface area contributed by atoms with Gasteiger partial charge in [-0.25, -0.2) is 8.78 Å². The van der Waals surface area contributed by atoms with Crippen molar-refractivity contribution in [3.8, 4) is 11.5 Å². The van der Waals surface area contributed by atoms with Crippen LogP contribution in [0.25, 0.3) is 6.08 Å². The van der Waals surface area contributed by atoms with E-state index in [0.717, 1.165) is 23.5 Å². The summed E-state index contributed by atoms with van der Waals surface area (Å²) in [6.45, 7) is 1.13. The minimum Gasteiger partial charge on any atom is -0.481 e. The van der Waals surface area contributed by atoms with Crippen molar-refractivity contribution < 1.29 is 27.8 Å². The number of nitrogens with one attached hydrogen (secondary N) is 1. The van der Waals surface area contributed by atoms with Gasteiger partial charge in [-0.2, -0.15) is 0 Å². The van der Waals surface area contributed by atoms with Crippen LogP contribution in [0, 0.1) is 11.6 Å².